The highest BCUT2D eigenvalue weighted by Gasteiger charge is 2.60. The van der Waals surface area contributed by atoms with E-state index in [1.807, 2.05) is 18.2 Å². The molecule has 2 fully saturated rings. The number of nitrogens with zero attached hydrogens (tertiary/aromatic N) is 2. The van der Waals surface area contributed by atoms with Crippen molar-refractivity contribution in [3.05, 3.63) is 58.6 Å². The van der Waals surface area contributed by atoms with Gasteiger partial charge in [0.1, 0.15) is 11.2 Å². The summed E-state index contributed by atoms with van der Waals surface area (Å²) in [6.45, 7) is 1.64. The molecule has 7 heteroatoms. The Bertz CT molecular complexity index is 875. The van der Waals surface area contributed by atoms with Crippen LogP contribution in [0.1, 0.15) is 29.9 Å². The normalized spacial score (nSPS) is 25.2. The lowest BCUT2D eigenvalue weighted by molar-refractivity contribution is -0.125. The number of amides is 3. The van der Waals surface area contributed by atoms with Crippen molar-refractivity contribution in [3.63, 3.8) is 0 Å². The fraction of sp³-hybridized carbons (Fsp3) is 0.278. The van der Waals surface area contributed by atoms with Crippen molar-refractivity contribution in [2.24, 2.45) is 0 Å². The molecule has 2 aliphatic rings. The molecule has 2 heterocycles. The number of halogens is 2. The van der Waals surface area contributed by atoms with Gasteiger partial charge in [-0.15, -0.1) is 0 Å². The molecule has 1 spiro atoms. The van der Waals surface area contributed by atoms with Crippen LogP contribution in [-0.4, -0.2) is 22.5 Å². The van der Waals surface area contributed by atoms with Crippen molar-refractivity contribution in [1.29, 1.82) is 0 Å². The Morgan fingerprint density at radius 1 is 1.28 bits per heavy atom. The average molecular weight is 360 g/mol. The summed E-state index contributed by atoms with van der Waals surface area (Å²) in [5, 5.41) is 3.38. The highest BCUT2D eigenvalue weighted by molar-refractivity contribution is 6.31. The molecular formula is C18H15ClFN3O2. The predicted molar refractivity (Wildman–Crippen MR) is 91.1 cm³/mol. The summed E-state index contributed by atoms with van der Waals surface area (Å²) in [6.07, 6.45) is 2.19. The van der Waals surface area contributed by atoms with Crippen LogP contribution >= 0.6 is 11.6 Å². The summed E-state index contributed by atoms with van der Waals surface area (Å²) in [7, 11) is 0. The summed E-state index contributed by atoms with van der Waals surface area (Å²) in [6, 6.07) is 8.41. The second kappa shape index (κ2) is 5.52. The Balaban J connectivity index is 1.62. The van der Waals surface area contributed by atoms with Gasteiger partial charge in [-0.2, -0.15) is 4.39 Å². The van der Waals surface area contributed by atoms with Gasteiger partial charge in [0.15, 0.2) is 0 Å². The van der Waals surface area contributed by atoms with E-state index in [4.69, 9.17) is 11.6 Å². The lowest BCUT2D eigenvalue weighted by Crippen LogP contribution is -2.56. The van der Waals surface area contributed by atoms with Gasteiger partial charge in [-0.25, -0.2) is 14.7 Å². The number of imide groups is 1. The molecule has 1 N–H and O–H groups in total. The number of rotatable bonds is 2. The van der Waals surface area contributed by atoms with Crippen LogP contribution in [-0.2, 0) is 4.79 Å². The number of urea groups is 1. The number of hydrogen-bond donors (Lipinski definition) is 1. The van der Waals surface area contributed by atoms with Crippen LogP contribution in [0.15, 0.2) is 36.5 Å². The summed E-state index contributed by atoms with van der Waals surface area (Å²) in [5.41, 5.74) is 0.368. The van der Waals surface area contributed by atoms with Gasteiger partial charge in [-0.05, 0) is 48.9 Å². The first kappa shape index (κ1) is 16.0. The van der Waals surface area contributed by atoms with Gasteiger partial charge in [0.05, 0.1) is 0 Å². The van der Waals surface area contributed by atoms with Crippen LogP contribution in [0.5, 0.6) is 0 Å². The maximum Gasteiger partial charge on any atom is 0.329 e. The van der Waals surface area contributed by atoms with Crippen LogP contribution in [0.3, 0.4) is 0 Å². The first-order chi connectivity index (χ1) is 11.9. The zero-order valence-corrected chi connectivity index (χ0v) is 14.2. The predicted octanol–water partition coefficient (Wildman–Crippen LogP) is 3.56. The van der Waals surface area contributed by atoms with E-state index in [0.717, 1.165) is 10.5 Å². The number of hydrogen-bond acceptors (Lipinski definition) is 3. The lowest BCUT2D eigenvalue weighted by atomic mass is 9.65. The first-order valence-corrected chi connectivity index (χ1v) is 8.33. The number of carbonyl (C=O) groups excluding carboxylic acids is 2. The van der Waals surface area contributed by atoms with Crippen molar-refractivity contribution in [2.75, 3.05) is 4.90 Å². The summed E-state index contributed by atoms with van der Waals surface area (Å²) in [4.78, 5) is 29.7. The maximum absolute atomic E-state index is 14.1. The Labute approximate surface area is 148 Å². The zero-order valence-electron chi connectivity index (χ0n) is 13.4. The van der Waals surface area contributed by atoms with Gasteiger partial charge in [0.25, 0.3) is 5.91 Å². The smallest absolute Gasteiger partial charge is 0.323 e. The minimum atomic E-state index is -0.990. The number of aromatic nitrogens is 1. The van der Waals surface area contributed by atoms with E-state index in [1.165, 1.54) is 6.20 Å². The molecule has 0 bridgehead atoms. The summed E-state index contributed by atoms with van der Waals surface area (Å²) in [5.74, 6) is -1.18. The third kappa shape index (κ3) is 2.32. The van der Waals surface area contributed by atoms with Gasteiger partial charge >= 0.3 is 6.03 Å². The molecule has 5 nitrogen and oxygen atoms in total. The molecule has 128 valence electrons. The molecule has 0 radical (unpaired) electrons. The molecular weight excluding hydrogens is 345 g/mol. The van der Waals surface area contributed by atoms with E-state index in [-0.39, 0.29) is 11.6 Å². The van der Waals surface area contributed by atoms with Crippen molar-refractivity contribution in [2.45, 2.75) is 31.2 Å². The standard InChI is InChI=1S/C18H15ClFN3O2/c1-10-6-7-21-15(20)14(10)23-16(24)18(22-17(23)25)8-11(9-18)12-4-2-3-5-13(12)19/h2-7,11H,8-9H2,1H3,(H,22,25). The number of benzene rings is 1. The molecule has 1 saturated carbocycles. The van der Waals surface area contributed by atoms with Crippen molar-refractivity contribution in [3.8, 4) is 0 Å². The van der Waals surface area contributed by atoms with Gasteiger partial charge < -0.3 is 5.32 Å². The number of anilines is 1. The summed E-state index contributed by atoms with van der Waals surface area (Å²) >= 11 is 6.22. The lowest BCUT2D eigenvalue weighted by Gasteiger charge is -2.43. The van der Waals surface area contributed by atoms with E-state index in [0.29, 0.717) is 23.4 Å². The molecule has 25 heavy (non-hydrogen) atoms. The van der Waals surface area contributed by atoms with Crippen LogP contribution in [0.2, 0.25) is 5.02 Å². The van der Waals surface area contributed by atoms with E-state index < -0.39 is 23.4 Å². The monoisotopic (exact) mass is 359 g/mol. The van der Waals surface area contributed by atoms with Crippen molar-refractivity contribution >= 4 is 29.2 Å². The Morgan fingerprint density at radius 3 is 2.68 bits per heavy atom. The molecule has 0 atom stereocenters. The third-order valence-corrected chi connectivity index (χ3v) is 5.35. The number of aryl methyl sites for hydroxylation is 1. The molecule has 1 aromatic heterocycles. The number of nitrogens with one attached hydrogen (secondary N) is 1. The topological polar surface area (TPSA) is 62.3 Å². The van der Waals surface area contributed by atoms with Gasteiger partial charge in [0.2, 0.25) is 5.95 Å². The SMILES string of the molecule is Cc1ccnc(F)c1N1C(=O)NC2(CC(c3ccccc3Cl)C2)C1=O. The zero-order chi connectivity index (χ0) is 17.8. The molecule has 1 aliphatic heterocycles. The molecule has 4 rings (SSSR count). The highest BCUT2D eigenvalue weighted by Crippen LogP contribution is 2.50. The molecule has 3 amide bonds. The van der Waals surface area contributed by atoms with Crippen LogP contribution in [0, 0.1) is 12.9 Å². The van der Waals surface area contributed by atoms with Gasteiger partial charge in [-0.1, -0.05) is 29.8 Å². The van der Waals surface area contributed by atoms with E-state index in [1.54, 1.807) is 19.1 Å². The number of carbonyl (C=O) groups is 2. The third-order valence-electron chi connectivity index (χ3n) is 5.00. The second-order valence-corrected chi connectivity index (χ2v) is 6.95. The molecule has 1 aliphatic carbocycles. The maximum atomic E-state index is 14.1. The fourth-order valence-corrected chi connectivity index (χ4v) is 3.98. The molecule has 2 aromatic rings. The van der Waals surface area contributed by atoms with E-state index in [9.17, 15) is 14.0 Å². The van der Waals surface area contributed by atoms with Gasteiger partial charge in [-0.3, -0.25) is 4.79 Å². The van der Waals surface area contributed by atoms with Crippen LogP contribution in [0.4, 0.5) is 14.9 Å². The number of pyridine rings is 1. The Hall–Kier alpha value is -2.47. The van der Waals surface area contributed by atoms with E-state index in [2.05, 4.69) is 10.3 Å². The largest absolute Gasteiger partial charge is 0.329 e. The second-order valence-electron chi connectivity index (χ2n) is 6.55. The summed E-state index contributed by atoms with van der Waals surface area (Å²) < 4.78 is 14.1. The van der Waals surface area contributed by atoms with Crippen LogP contribution < -0.4 is 10.2 Å². The Kier molecular flexibility index (Phi) is 3.54. The molecule has 1 saturated heterocycles. The van der Waals surface area contributed by atoms with Gasteiger partial charge in [0, 0.05) is 11.2 Å². The van der Waals surface area contributed by atoms with Crippen LogP contribution in [0.25, 0.3) is 0 Å². The van der Waals surface area contributed by atoms with Crippen molar-refractivity contribution < 1.29 is 14.0 Å². The minimum absolute atomic E-state index is 0.0805. The fourth-order valence-electron chi connectivity index (χ4n) is 3.69. The highest BCUT2D eigenvalue weighted by atomic mass is 35.5. The average Bonchev–Trinajstić information content (AvgIpc) is 2.79. The van der Waals surface area contributed by atoms with E-state index >= 15 is 0 Å². The first-order valence-electron chi connectivity index (χ1n) is 7.95. The minimum Gasteiger partial charge on any atom is -0.323 e. The molecule has 1 aromatic carbocycles. The van der Waals surface area contributed by atoms with Crippen molar-refractivity contribution in [1.82, 2.24) is 10.3 Å². The Morgan fingerprint density at radius 2 is 2.00 bits per heavy atom. The molecule has 0 unspecified atom stereocenters. The quantitative estimate of drug-likeness (QED) is 0.658.